The molecule has 3 rings (SSSR count). The second kappa shape index (κ2) is 5.53. The molecule has 0 N–H and O–H groups in total. The van der Waals surface area contributed by atoms with Crippen LogP contribution in [0.1, 0.15) is 39.5 Å². The van der Waals surface area contributed by atoms with Crippen LogP contribution in [-0.2, 0) is 14.2 Å². The van der Waals surface area contributed by atoms with Gasteiger partial charge in [-0.25, -0.2) is 4.79 Å². The highest BCUT2D eigenvalue weighted by Crippen LogP contribution is 2.52. The lowest BCUT2D eigenvalue weighted by atomic mass is 10.0. The SMILES string of the molecule is CCN(CC)C(=O)OC1C[C@@H]2CC3(C[C@@H]2C1)OCCO3. The van der Waals surface area contributed by atoms with Crippen molar-refractivity contribution in [3.63, 3.8) is 0 Å². The van der Waals surface area contributed by atoms with Crippen LogP contribution in [0.2, 0.25) is 0 Å². The number of amides is 1. The first-order valence-corrected chi connectivity index (χ1v) is 7.89. The van der Waals surface area contributed by atoms with Gasteiger partial charge in [0.2, 0.25) is 0 Å². The number of fused-ring (bicyclic) bond motifs is 1. The van der Waals surface area contributed by atoms with Crippen LogP contribution in [0.25, 0.3) is 0 Å². The molecule has 0 aromatic heterocycles. The van der Waals surface area contributed by atoms with Gasteiger partial charge < -0.3 is 19.1 Å². The Morgan fingerprint density at radius 3 is 2.20 bits per heavy atom. The summed E-state index contributed by atoms with van der Waals surface area (Å²) < 4.78 is 17.2. The normalized spacial score (nSPS) is 34.4. The van der Waals surface area contributed by atoms with Crippen molar-refractivity contribution in [2.75, 3.05) is 26.3 Å². The Balaban J connectivity index is 1.51. The molecule has 2 saturated carbocycles. The molecule has 0 bridgehead atoms. The number of hydrogen-bond acceptors (Lipinski definition) is 4. The number of rotatable bonds is 3. The summed E-state index contributed by atoms with van der Waals surface area (Å²) in [4.78, 5) is 13.7. The first-order valence-electron chi connectivity index (χ1n) is 7.89. The van der Waals surface area contributed by atoms with Gasteiger partial charge in [-0.05, 0) is 38.5 Å². The predicted molar refractivity (Wildman–Crippen MR) is 73.3 cm³/mol. The van der Waals surface area contributed by atoms with Crippen LogP contribution in [0.4, 0.5) is 4.79 Å². The molecule has 1 heterocycles. The molecule has 3 aliphatic rings. The maximum Gasteiger partial charge on any atom is 0.410 e. The lowest BCUT2D eigenvalue weighted by molar-refractivity contribution is -0.156. The van der Waals surface area contributed by atoms with Gasteiger partial charge in [-0.15, -0.1) is 0 Å². The molecule has 2 aliphatic carbocycles. The Morgan fingerprint density at radius 2 is 1.70 bits per heavy atom. The molecule has 5 nitrogen and oxygen atoms in total. The third-order valence-corrected chi connectivity index (χ3v) is 5.05. The molecule has 1 unspecified atom stereocenters. The molecule has 20 heavy (non-hydrogen) atoms. The van der Waals surface area contributed by atoms with Crippen LogP contribution in [-0.4, -0.2) is 49.2 Å². The van der Waals surface area contributed by atoms with Gasteiger partial charge >= 0.3 is 6.09 Å². The fourth-order valence-corrected chi connectivity index (χ4v) is 4.07. The average Bonchev–Trinajstić information content (AvgIpc) is 3.07. The molecule has 1 saturated heterocycles. The summed E-state index contributed by atoms with van der Waals surface area (Å²) >= 11 is 0. The summed E-state index contributed by atoms with van der Waals surface area (Å²) in [5.41, 5.74) is 0. The van der Waals surface area contributed by atoms with Crippen molar-refractivity contribution in [1.29, 1.82) is 0 Å². The van der Waals surface area contributed by atoms with E-state index in [2.05, 4.69) is 0 Å². The minimum absolute atomic E-state index is 0.0804. The maximum atomic E-state index is 12.0. The van der Waals surface area contributed by atoms with Crippen molar-refractivity contribution >= 4 is 6.09 Å². The molecule has 1 amide bonds. The third-order valence-electron chi connectivity index (χ3n) is 5.05. The smallest absolute Gasteiger partial charge is 0.410 e. The van der Waals surface area contributed by atoms with Crippen LogP contribution in [0.15, 0.2) is 0 Å². The molecule has 1 aliphatic heterocycles. The van der Waals surface area contributed by atoms with Crippen molar-refractivity contribution in [1.82, 2.24) is 4.90 Å². The van der Waals surface area contributed by atoms with E-state index in [1.54, 1.807) is 4.90 Å². The maximum absolute atomic E-state index is 12.0. The van der Waals surface area contributed by atoms with E-state index in [1.807, 2.05) is 13.8 Å². The third kappa shape index (κ3) is 2.53. The van der Waals surface area contributed by atoms with Crippen LogP contribution < -0.4 is 0 Å². The first-order chi connectivity index (χ1) is 9.65. The van der Waals surface area contributed by atoms with Crippen molar-refractivity contribution in [3.8, 4) is 0 Å². The van der Waals surface area contributed by atoms with Gasteiger partial charge in [0, 0.05) is 25.9 Å². The van der Waals surface area contributed by atoms with E-state index in [9.17, 15) is 4.79 Å². The van der Waals surface area contributed by atoms with Gasteiger partial charge in [0.1, 0.15) is 6.10 Å². The Bertz CT molecular complexity index is 347. The molecular weight excluding hydrogens is 258 g/mol. The highest BCUT2D eigenvalue weighted by molar-refractivity contribution is 5.67. The Hall–Kier alpha value is -0.810. The van der Waals surface area contributed by atoms with Crippen molar-refractivity contribution in [3.05, 3.63) is 0 Å². The molecule has 3 fully saturated rings. The molecule has 1 spiro atoms. The molecule has 0 radical (unpaired) electrons. The number of nitrogens with zero attached hydrogens (tertiary/aromatic N) is 1. The van der Waals surface area contributed by atoms with Gasteiger partial charge in [0.25, 0.3) is 0 Å². The summed E-state index contributed by atoms with van der Waals surface area (Å²) in [6.07, 6.45) is 3.78. The van der Waals surface area contributed by atoms with Crippen molar-refractivity contribution < 1.29 is 19.0 Å². The molecule has 0 aromatic rings. The lowest BCUT2D eigenvalue weighted by Crippen LogP contribution is -2.34. The summed E-state index contributed by atoms with van der Waals surface area (Å²) in [5, 5.41) is 0. The van der Waals surface area contributed by atoms with E-state index in [1.165, 1.54) is 0 Å². The van der Waals surface area contributed by atoms with Gasteiger partial charge in [0.05, 0.1) is 13.2 Å². The zero-order valence-corrected chi connectivity index (χ0v) is 12.5. The van der Waals surface area contributed by atoms with Crippen LogP contribution >= 0.6 is 0 Å². The van der Waals surface area contributed by atoms with E-state index < -0.39 is 0 Å². The second-order valence-corrected chi connectivity index (χ2v) is 6.19. The largest absolute Gasteiger partial charge is 0.446 e. The summed E-state index contributed by atoms with van der Waals surface area (Å²) in [6, 6.07) is 0. The standard InChI is InChI=1S/C15H25NO4/c1-3-16(4-2)14(17)20-13-7-11-9-15(10-12(11)8-13)18-5-6-19-15/h11-13H,3-10H2,1-2H3/t11-,12+,13?. The zero-order chi connectivity index (χ0) is 14.2. The van der Waals surface area contributed by atoms with Crippen molar-refractivity contribution in [2.24, 2.45) is 11.8 Å². The van der Waals surface area contributed by atoms with E-state index in [0.29, 0.717) is 24.9 Å². The monoisotopic (exact) mass is 283 g/mol. The Morgan fingerprint density at radius 1 is 1.15 bits per heavy atom. The lowest BCUT2D eigenvalue weighted by Gasteiger charge is -2.25. The highest BCUT2D eigenvalue weighted by Gasteiger charge is 2.53. The predicted octanol–water partition coefficient (Wildman–Crippen LogP) is 2.40. The fraction of sp³-hybridized carbons (Fsp3) is 0.933. The second-order valence-electron chi connectivity index (χ2n) is 6.19. The summed E-state index contributed by atoms with van der Waals surface area (Å²) in [7, 11) is 0. The van der Waals surface area contributed by atoms with Crippen LogP contribution in [0.5, 0.6) is 0 Å². The summed E-state index contributed by atoms with van der Waals surface area (Å²) in [5.74, 6) is 0.869. The topological polar surface area (TPSA) is 48.0 Å². The molecular formula is C15H25NO4. The Labute approximate surface area is 120 Å². The number of hydrogen-bond donors (Lipinski definition) is 0. The van der Waals surface area contributed by atoms with E-state index >= 15 is 0 Å². The van der Waals surface area contributed by atoms with E-state index in [4.69, 9.17) is 14.2 Å². The highest BCUT2D eigenvalue weighted by atomic mass is 16.7. The van der Waals surface area contributed by atoms with Gasteiger partial charge in [-0.3, -0.25) is 0 Å². The first kappa shape index (κ1) is 14.1. The summed E-state index contributed by atoms with van der Waals surface area (Å²) in [6.45, 7) is 6.82. The van der Waals surface area contributed by atoms with E-state index in [-0.39, 0.29) is 18.0 Å². The van der Waals surface area contributed by atoms with Crippen LogP contribution in [0.3, 0.4) is 0 Å². The average molecular weight is 283 g/mol. The number of ether oxygens (including phenoxy) is 3. The van der Waals surface area contributed by atoms with Crippen LogP contribution in [0, 0.1) is 11.8 Å². The molecule has 5 heteroatoms. The minimum Gasteiger partial charge on any atom is -0.446 e. The molecule has 0 aromatic carbocycles. The van der Waals surface area contributed by atoms with Gasteiger partial charge in [-0.2, -0.15) is 0 Å². The Kier molecular flexibility index (Phi) is 3.91. The zero-order valence-electron chi connectivity index (χ0n) is 12.5. The number of carbonyl (C=O) groups excluding carboxylic acids is 1. The quantitative estimate of drug-likeness (QED) is 0.798. The fourth-order valence-electron chi connectivity index (χ4n) is 4.07. The van der Waals surface area contributed by atoms with Gasteiger partial charge in [0.15, 0.2) is 5.79 Å². The van der Waals surface area contributed by atoms with Crippen molar-refractivity contribution in [2.45, 2.75) is 51.4 Å². The van der Waals surface area contributed by atoms with E-state index in [0.717, 1.165) is 38.9 Å². The number of carbonyl (C=O) groups is 1. The molecule has 3 atom stereocenters. The minimum atomic E-state index is -0.302. The molecule has 114 valence electrons. The van der Waals surface area contributed by atoms with Gasteiger partial charge in [-0.1, -0.05) is 0 Å².